The zero-order valence-electron chi connectivity index (χ0n) is 12.1. The highest BCUT2D eigenvalue weighted by Crippen LogP contribution is 2.23. The monoisotopic (exact) mass is 258 g/mol. The molecule has 104 valence electrons. The Hall–Kier alpha value is -0.860. The van der Waals surface area contributed by atoms with E-state index in [1.165, 1.54) is 57.3 Å². The van der Waals surface area contributed by atoms with Gasteiger partial charge in [-0.15, -0.1) is 0 Å². The molecule has 2 heteroatoms. The zero-order valence-corrected chi connectivity index (χ0v) is 12.1. The summed E-state index contributed by atoms with van der Waals surface area (Å²) >= 11 is 0. The summed E-state index contributed by atoms with van der Waals surface area (Å²) in [5.41, 5.74) is 4.68. The van der Waals surface area contributed by atoms with Gasteiger partial charge in [-0.25, -0.2) is 0 Å². The third-order valence-electron chi connectivity index (χ3n) is 4.70. The highest BCUT2D eigenvalue weighted by Gasteiger charge is 2.15. The van der Waals surface area contributed by atoms with E-state index in [4.69, 9.17) is 0 Å². The second-order valence-electron chi connectivity index (χ2n) is 6.34. The molecule has 2 nitrogen and oxygen atoms in total. The number of fused-ring (bicyclic) bond motifs is 1. The Morgan fingerprint density at radius 3 is 3.00 bits per heavy atom. The Labute approximate surface area is 117 Å². The molecule has 0 bridgehead atoms. The summed E-state index contributed by atoms with van der Waals surface area (Å²) in [5.74, 6) is 0.905. The number of aryl methyl sites for hydroxylation is 2. The minimum Gasteiger partial charge on any atom is -0.316 e. The molecule has 19 heavy (non-hydrogen) atoms. The quantitative estimate of drug-likeness (QED) is 0.873. The molecule has 1 aliphatic heterocycles. The van der Waals surface area contributed by atoms with Crippen molar-refractivity contribution < 1.29 is 0 Å². The molecule has 1 heterocycles. The molecule has 3 rings (SSSR count). The topological polar surface area (TPSA) is 15.3 Å². The van der Waals surface area contributed by atoms with E-state index in [0.29, 0.717) is 0 Å². The molecule has 1 aromatic rings. The fourth-order valence-electron chi connectivity index (χ4n) is 3.48. The third-order valence-corrected chi connectivity index (χ3v) is 4.70. The summed E-state index contributed by atoms with van der Waals surface area (Å²) in [7, 11) is 2.26. The Kier molecular flexibility index (Phi) is 4.19. The van der Waals surface area contributed by atoms with Gasteiger partial charge in [0.2, 0.25) is 0 Å². The standard InChI is InChI=1S/C17H26N2/c1-19(10-8-14-7-9-18-12-14)13-15-5-6-16-3-2-4-17(16)11-15/h5-6,11,14,18H,2-4,7-10,12-13H2,1H3. The van der Waals surface area contributed by atoms with E-state index in [9.17, 15) is 0 Å². The zero-order chi connectivity index (χ0) is 13.1. The second-order valence-corrected chi connectivity index (χ2v) is 6.34. The predicted molar refractivity (Wildman–Crippen MR) is 80.4 cm³/mol. The fourth-order valence-corrected chi connectivity index (χ4v) is 3.48. The van der Waals surface area contributed by atoms with Gasteiger partial charge in [0.1, 0.15) is 0 Å². The van der Waals surface area contributed by atoms with Gasteiger partial charge in [-0.2, -0.15) is 0 Å². The lowest BCUT2D eigenvalue weighted by Gasteiger charge is -2.19. The summed E-state index contributed by atoms with van der Waals surface area (Å²) in [6.45, 7) is 4.78. The molecular weight excluding hydrogens is 232 g/mol. The van der Waals surface area contributed by atoms with E-state index in [0.717, 1.165) is 12.5 Å². The molecule has 0 aromatic heterocycles. The van der Waals surface area contributed by atoms with E-state index in [1.807, 2.05) is 0 Å². The molecule has 0 amide bonds. The molecule has 0 saturated carbocycles. The number of rotatable bonds is 5. The summed E-state index contributed by atoms with van der Waals surface area (Å²) in [6, 6.07) is 7.13. The summed E-state index contributed by atoms with van der Waals surface area (Å²) in [4.78, 5) is 2.48. The SMILES string of the molecule is CN(CCC1CCNC1)Cc1ccc2c(c1)CCC2. The Morgan fingerprint density at radius 1 is 1.26 bits per heavy atom. The van der Waals surface area contributed by atoms with E-state index in [2.05, 4.69) is 35.5 Å². The van der Waals surface area contributed by atoms with Gasteiger partial charge in [0.05, 0.1) is 0 Å². The van der Waals surface area contributed by atoms with Gasteiger partial charge >= 0.3 is 0 Å². The lowest BCUT2D eigenvalue weighted by Crippen LogP contribution is -2.22. The fraction of sp³-hybridized carbons (Fsp3) is 0.647. The molecular formula is C17H26N2. The van der Waals surface area contributed by atoms with Gasteiger partial charge < -0.3 is 10.2 Å². The maximum absolute atomic E-state index is 3.46. The number of benzene rings is 1. The van der Waals surface area contributed by atoms with Crippen LogP contribution in [0.1, 0.15) is 36.0 Å². The van der Waals surface area contributed by atoms with Crippen LogP contribution >= 0.6 is 0 Å². The minimum atomic E-state index is 0.905. The second kappa shape index (κ2) is 6.06. The van der Waals surface area contributed by atoms with Crippen molar-refractivity contribution in [1.29, 1.82) is 0 Å². The van der Waals surface area contributed by atoms with Crippen molar-refractivity contribution in [3.8, 4) is 0 Å². The number of nitrogens with zero attached hydrogens (tertiary/aromatic N) is 1. The maximum Gasteiger partial charge on any atom is 0.0230 e. The van der Waals surface area contributed by atoms with Crippen LogP contribution in [0.5, 0.6) is 0 Å². The molecule has 1 fully saturated rings. The van der Waals surface area contributed by atoms with Crippen LogP contribution < -0.4 is 5.32 Å². The van der Waals surface area contributed by atoms with Gasteiger partial charge in [0.15, 0.2) is 0 Å². The first kappa shape index (κ1) is 13.1. The predicted octanol–water partition coefficient (Wildman–Crippen LogP) is 2.61. The van der Waals surface area contributed by atoms with E-state index in [-0.39, 0.29) is 0 Å². The Balaban J connectivity index is 1.49. The molecule has 1 N–H and O–H groups in total. The van der Waals surface area contributed by atoms with Gasteiger partial charge in [-0.3, -0.25) is 0 Å². The molecule has 0 radical (unpaired) electrons. The molecule has 1 unspecified atom stereocenters. The van der Waals surface area contributed by atoms with Crippen LogP contribution in [0.2, 0.25) is 0 Å². The highest BCUT2D eigenvalue weighted by molar-refractivity contribution is 5.35. The molecule has 1 atom stereocenters. The average molecular weight is 258 g/mol. The van der Waals surface area contributed by atoms with Crippen molar-refractivity contribution in [3.63, 3.8) is 0 Å². The van der Waals surface area contributed by atoms with Gasteiger partial charge in [-0.05, 0) is 81.4 Å². The minimum absolute atomic E-state index is 0.905. The summed E-state index contributed by atoms with van der Waals surface area (Å²) in [6.07, 6.45) is 6.64. The van der Waals surface area contributed by atoms with E-state index < -0.39 is 0 Å². The van der Waals surface area contributed by atoms with Crippen molar-refractivity contribution >= 4 is 0 Å². The maximum atomic E-state index is 3.46. The third kappa shape index (κ3) is 3.37. The Bertz CT molecular complexity index is 421. The van der Waals surface area contributed by atoms with Crippen molar-refractivity contribution in [3.05, 3.63) is 34.9 Å². The average Bonchev–Trinajstić information content (AvgIpc) is 3.07. The number of hydrogen-bond donors (Lipinski definition) is 1. The first-order chi connectivity index (χ1) is 9.31. The number of hydrogen-bond acceptors (Lipinski definition) is 2. The molecule has 1 saturated heterocycles. The normalized spacial score (nSPS) is 22.1. The van der Waals surface area contributed by atoms with E-state index in [1.54, 1.807) is 11.1 Å². The summed E-state index contributed by atoms with van der Waals surface area (Å²) < 4.78 is 0. The lowest BCUT2D eigenvalue weighted by atomic mass is 10.0. The largest absolute Gasteiger partial charge is 0.316 e. The van der Waals surface area contributed by atoms with Crippen molar-refractivity contribution in [2.45, 2.75) is 38.6 Å². The molecule has 0 spiro atoms. The van der Waals surface area contributed by atoms with Gasteiger partial charge in [0, 0.05) is 6.54 Å². The van der Waals surface area contributed by atoms with Crippen molar-refractivity contribution in [2.75, 3.05) is 26.7 Å². The molecule has 1 aliphatic carbocycles. The highest BCUT2D eigenvalue weighted by atomic mass is 15.1. The van der Waals surface area contributed by atoms with Crippen LogP contribution in [0.3, 0.4) is 0 Å². The molecule has 2 aliphatic rings. The lowest BCUT2D eigenvalue weighted by molar-refractivity contribution is 0.298. The first-order valence-electron chi connectivity index (χ1n) is 7.81. The summed E-state index contributed by atoms with van der Waals surface area (Å²) in [5, 5.41) is 3.46. The van der Waals surface area contributed by atoms with Crippen LogP contribution in [0.25, 0.3) is 0 Å². The van der Waals surface area contributed by atoms with Crippen LogP contribution in [-0.2, 0) is 19.4 Å². The van der Waals surface area contributed by atoms with Crippen molar-refractivity contribution in [1.82, 2.24) is 10.2 Å². The smallest absolute Gasteiger partial charge is 0.0230 e. The number of nitrogens with one attached hydrogen (secondary N) is 1. The van der Waals surface area contributed by atoms with Crippen LogP contribution in [-0.4, -0.2) is 31.6 Å². The van der Waals surface area contributed by atoms with Crippen LogP contribution in [0.15, 0.2) is 18.2 Å². The molecule has 1 aromatic carbocycles. The van der Waals surface area contributed by atoms with Gasteiger partial charge in [0.25, 0.3) is 0 Å². The van der Waals surface area contributed by atoms with Crippen LogP contribution in [0.4, 0.5) is 0 Å². The van der Waals surface area contributed by atoms with Crippen molar-refractivity contribution in [2.24, 2.45) is 5.92 Å². The van der Waals surface area contributed by atoms with E-state index >= 15 is 0 Å². The van der Waals surface area contributed by atoms with Crippen LogP contribution in [0, 0.1) is 5.92 Å². The van der Waals surface area contributed by atoms with Gasteiger partial charge in [-0.1, -0.05) is 18.2 Å². The first-order valence-corrected chi connectivity index (χ1v) is 7.81. The Morgan fingerprint density at radius 2 is 2.16 bits per heavy atom.